The predicted octanol–water partition coefficient (Wildman–Crippen LogP) is 2.52. The summed E-state index contributed by atoms with van der Waals surface area (Å²) in [5, 5.41) is 5.79. The van der Waals surface area contributed by atoms with Gasteiger partial charge in [0, 0.05) is 30.3 Å². The molecule has 2 N–H and O–H groups in total. The number of carbonyl (C=O) groups is 2. The fourth-order valence-corrected chi connectivity index (χ4v) is 4.34. The first kappa shape index (κ1) is 17.8. The smallest absolute Gasteiger partial charge is 0.287 e. The van der Waals surface area contributed by atoms with Crippen LogP contribution in [0.1, 0.15) is 40.7 Å². The van der Waals surface area contributed by atoms with E-state index in [0.29, 0.717) is 29.0 Å². The lowest BCUT2D eigenvalue weighted by atomic mass is 9.79. The number of amides is 2. The predicted molar refractivity (Wildman–Crippen MR) is 103 cm³/mol. The quantitative estimate of drug-likeness (QED) is 0.871. The van der Waals surface area contributed by atoms with Crippen molar-refractivity contribution in [2.24, 2.45) is 5.92 Å². The zero-order valence-corrected chi connectivity index (χ0v) is 15.7. The summed E-state index contributed by atoms with van der Waals surface area (Å²) in [6.07, 6.45) is 2.29. The Morgan fingerprint density at radius 3 is 2.59 bits per heavy atom. The summed E-state index contributed by atoms with van der Waals surface area (Å²) in [4.78, 5) is 27.0. The van der Waals surface area contributed by atoms with Crippen LogP contribution in [0.15, 0.2) is 40.8 Å². The van der Waals surface area contributed by atoms with Gasteiger partial charge in [0.15, 0.2) is 5.76 Å². The van der Waals surface area contributed by atoms with E-state index in [1.54, 1.807) is 37.4 Å². The molecule has 2 amide bonds. The Morgan fingerprint density at radius 2 is 1.89 bits per heavy atom. The van der Waals surface area contributed by atoms with E-state index in [1.807, 2.05) is 6.07 Å². The Morgan fingerprint density at radius 1 is 1.11 bits per heavy atom. The van der Waals surface area contributed by atoms with Gasteiger partial charge >= 0.3 is 0 Å². The highest BCUT2D eigenvalue weighted by Crippen LogP contribution is 2.32. The molecule has 5 rings (SSSR count). The van der Waals surface area contributed by atoms with Crippen molar-refractivity contribution in [3.05, 3.63) is 47.7 Å². The molecule has 27 heavy (non-hydrogen) atoms. The first-order valence-electron chi connectivity index (χ1n) is 9.54. The molecule has 2 atom stereocenters. The van der Waals surface area contributed by atoms with Crippen molar-refractivity contribution in [1.29, 1.82) is 0 Å². The lowest BCUT2D eigenvalue weighted by Crippen LogP contribution is -2.62. The minimum Gasteiger partial charge on any atom is -0.451 e. The maximum absolute atomic E-state index is 12.7. The van der Waals surface area contributed by atoms with E-state index in [0.717, 1.165) is 31.5 Å². The van der Waals surface area contributed by atoms with Gasteiger partial charge in [-0.2, -0.15) is 0 Å². The van der Waals surface area contributed by atoms with Crippen LogP contribution in [-0.2, 0) is 0 Å². The van der Waals surface area contributed by atoms with Gasteiger partial charge in [0.1, 0.15) is 5.76 Å². The van der Waals surface area contributed by atoms with Crippen LogP contribution in [0, 0.1) is 5.92 Å². The largest absolute Gasteiger partial charge is 0.451 e. The second kappa shape index (κ2) is 7.19. The van der Waals surface area contributed by atoms with Gasteiger partial charge in [0.05, 0.1) is 0 Å². The minimum absolute atomic E-state index is 0.155. The normalized spacial score (nSPS) is 26.6. The number of benzene rings is 1. The molecule has 3 aliphatic rings. The van der Waals surface area contributed by atoms with E-state index in [4.69, 9.17) is 4.42 Å². The molecule has 6 heteroatoms. The van der Waals surface area contributed by atoms with Crippen LogP contribution in [0.4, 0.5) is 0 Å². The van der Waals surface area contributed by atoms with Crippen LogP contribution in [-0.4, -0.2) is 48.9 Å². The third kappa shape index (κ3) is 3.37. The summed E-state index contributed by atoms with van der Waals surface area (Å²) in [6.45, 7) is 4.45. The molecule has 1 aromatic carbocycles. The maximum atomic E-state index is 12.7. The van der Waals surface area contributed by atoms with Crippen molar-refractivity contribution in [3.8, 4) is 11.3 Å². The number of hydrogen-bond acceptors (Lipinski definition) is 4. The molecule has 0 saturated carbocycles. The molecule has 2 aromatic rings. The van der Waals surface area contributed by atoms with Crippen molar-refractivity contribution in [1.82, 2.24) is 15.5 Å². The maximum Gasteiger partial charge on any atom is 0.287 e. The summed E-state index contributed by atoms with van der Waals surface area (Å²) in [7, 11) is 1.60. The Hall–Kier alpha value is -2.60. The molecule has 6 nitrogen and oxygen atoms in total. The number of hydrogen-bond donors (Lipinski definition) is 2. The molecule has 0 radical (unpaired) electrons. The second-order valence-electron chi connectivity index (χ2n) is 7.44. The number of furan rings is 1. The molecule has 1 aromatic heterocycles. The first-order valence-corrected chi connectivity index (χ1v) is 9.54. The first-order chi connectivity index (χ1) is 13.1. The van der Waals surface area contributed by atoms with E-state index >= 15 is 0 Å². The number of nitrogens with one attached hydrogen (secondary N) is 2. The summed E-state index contributed by atoms with van der Waals surface area (Å²) in [6, 6.07) is 11.2. The topological polar surface area (TPSA) is 74.6 Å². The SMILES string of the molecule is CNC(=O)c1cccc(-c2ccc(C(=O)NC3C4CCN(CC4)C3C)o2)c1. The lowest BCUT2D eigenvalue weighted by molar-refractivity contribution is 0.0211. The fourth-order valence-electron chi connectivity index (χ4n) is 4.34. The van der Waals surface area contributed by atoms with Crippen LogP contribution in [0.25, 0.3) is 11.3 Å². The van der Waals surface area contributed by atoms with Crippen LogP contribution < -0.4 is 10.6 Å². The molecule has 0 aliphatic carbocycles. The highest BCUT2D eigenvalue weighted by Gasteiger charge is 2.40. The van der Waals surface area contributed by atoms with Gasteiger partial charge in [-0.15, -0.1) is 0 Å². The number of fused-ring (bicyclic) bond motifs is 3. The van der Waals surface area contributed by atoms with E-state index < -0.39 is 0 Å². The molecule has 4 heterocycles. The molecule has 3 fully saturated rings. The minimum atomic E-state index is -0.172. The molecular weight excluding hydrogens is 342 g/mol. The van der Waals surface area contributed by atoms with Gasteiger partial charge in [-0.25, -0.2) is 0 Å². The lowest BCUT2D eigenvalue weighted by Gasteiger charge is -2.49. The van der Waals surface area contributed by atoms with E-state index in [-0.39, 0.29) is 17.9 Å². The standard InChI is InChI=1S/C21H25N3O3/c1-13-19(14-8-10-24(13)11-9-14)23-21(26)18-7-6-17(27-18)15-4-3-5-16(12-15)20(25)22-2/h3-7,12-14,19H,8-11H2,1-2H3,(H,22,25)(H,23,26). The van der Waals surface area contributed by atoms with Gasteiger partial charge in [-0.1, -0.05) is 12.1 Å². The summed E-state index contributed by atoms with van der Waals surface area (Å²) in [5.74, 6) is 1.10. The highest BCUT2D eigenvalue weighted by molar-refractivity contribution is 5.95. The van der Waals surface area contributed by atoms with E-state index in [9.17, 15) is 9.59 Å². The summed E-state index contributed by atoms with van der Waals surface area (Å²) >= 11 is 0. The Bertz CT molecular complexity index is 850. The zero-order valence-electron chi connectivity index (χ0n) is 15.7. The van der Waals surface area contributed by atoms with Crippen LogP contribution >= 0.6 is 0 Å². The average Bonchev–Trinajstić information content (AvgIpc) is 3.21. The Kier molecular flexibility index (Phi) is 4.74. The number of piperidine rings is 3. The van der Waals surface area contributed by atoms with Crippen LogP contribution in [0.3, 0.4) is 0 Å². The zero-order chi connectivity index (χ0) is 19.0. The van der Waals surface area contributed by atoms with Crippen molar-refractivity contribution in [3.63, 3.8) is 0 Å². The van der Waals surface area contributed by atoms with Crippen molar-refractivity contribution >= 4 is 11.8 Å². The Labute approximate surface area is 158 Å². The third-order valence-electron chi connectivity index (χ3n) is 5.94. The summed E-state index contributed by atoms with van der Waals surface area (Å²) in [5.41, 5.74) is 1.32. The third-order valence-corrected chi connectivity index (χ3v) is 5.94. The monoisotopic (exact) mass is 367 g/mol. The van der Waals surface area contributed by atoms with Crippen molar-refractivity contribution in [2.75, 3.05) is 20.1 Å². The van der Waals surface area contributed by atoms with Gasteiger partial charge in [-0.05, 0) is 63.0 Å². The highest BCUT2D eigenvalue weighted by atomic mass is 16.3. The van der Waals surface area contributed by atoms with Crippen molar-refractivity contribution < 1.29 is 14.0 Å². The molecular formula is C21H25N3O3. The number of carbonyl (C=O) groups excluding carboxylic acids is 2. The molecule has 3 aliphatic heterocycles. The van der Waals surface area contributed by atoms with E-state index in [2.05, 4.69) is 22.5 Å². The molecule has 142 valence electrons. The van der Waals surface area contributed by atoms with Crippen molar-refractivity contribution in [2.45, 2.75) is 31.8 Å². The van der Waals surface area contributed by atoms with Gasteiger partial charge in [0.2, 0.25) is 0 Å². The Balaban J connectivity index is 1.49. The average molecular weight is 367 g/mol. The van der Waals surface area contributed by atoms with Crippen LogP contribution in [0.2, 0.25) is 0 Å². The molecule has 0 spiro atoms. The number of rotatable bonds is 4. The van der Waals surface area contributed by atoms with Crippen LogP contribution in [0.5, 0.6) is 0 Å². The molecule has 3 saturated heterocycles. The summed E-state index contributed by atoms with van der Waals surface area (Å²) < 4.78 is 5.80. The van der Waals surface area contributed by atoms with E-state index in [1.165, 1.54) is 0 Å². The molecule has 2 unspecified atom stereocenters. The fraction of sp³-hybridized carbons (Fsp3) is 0.429. The van der Waals surface area contributed by atoms with Gasteiger partial charge < -0.3 is 15.1 Å². The van der Waals surface area contributed by atoms with Gasteiger partial charge in [-0.3, -0.25) is 14.5 Å². The molecule has 2 bridgehead atoms. The number of nitrogens with zero attached hydrogens (tertiary/aromatic N) is 1. The second-order valence-corrected chi connectivity index (χ2v) is 7.44. The van der Waals surface area contributed by atoms with Gasteiger partial charge in [0.25, 0.3) is 11.8 Å².